The number of esters is 1. The van der Waals surface area contributed by atoms with E-state index in [4.69, 9.17) is 13.8 Å². The van der Waals surface area contributed by atoms with Crippen LogP contribution in [0.15, 0.2) is 60.8 Å². The van der Waals surface area contributed by atoms with Crippen LogP contribution in [0.3, 0.4) is 0 Å². The number of rotatable bonds is 36. The Balaban J connectivity index is 3.71. The van der Waals surface area contributed by atoms with Crippen molar-refractivity contribution in [3.8, 4) is 0 Å². The standard InChI is InChI=1S/C41H72NO8P/c1-3-5-7-9-11-13-15-16-17-18-19-20-21-22-24-26-28-30-32-34-41(45)48-37-39(43)38-50-51(46,47)49-36-35-42-40(44)33-31-29-27-25-23-14-12-10-8-6-4-2/h10-13,16-17,19-20,22,24,39,43H,3-9,14-15,18,21,23,25-38H2,1-2H3,(H,42,44)(H,46,47)/b12-10-,13-11-,17-16-,20-19-,24-22-. The lowest BCUT2D eigenvalue weighted by atomic mass is 10.1. The summed E-state index contributed by atoms with van der Waals surface area (Å²) in [5.74, 6) is -0.564. The molecule has 0 aliphatic rings. The number of phosphoric ester groups is 1. The summed E-state index contributed by atoms with van der Waals surface area (Å²) in [6, 6.07) is 0. The van der Waals surface area contributed by atoms with E-state index in [1.807, 2.05) is 0 Å². The fourth-order valence-corrected chi connectivity index (χ4v) is 5.63. The van der Waals surface area contributed by atoms with Crippen LogP contribution < -0.4 is 5.32 Å². The average Bonchev–Trinajstić information content (AvgIpc) is 3.11. The maximum Gasteiger partial charge on any atom is 0.472 e. The monoisotopic (exact) mass is 737 g/mol. The van der Waals surface area contributed by atoms with Crippen molar-refractivity contribution in [2.75, 3.05) is 26.4 Å². The van der Waals surface area contributed by atoms with Crippen LogP contribution in [0.4, 0.5) is 0 Å². The predicted molar refractivity (Wildman–Crippen MR) is 210 cm³/mol. The second-order valence-electron chi connectivity index (χ2n) is 12.9. The zero-order valence-corrected chi connectivity index (χ0v) is 32.9. The van der Waals surface area contributed by atoms with E-state index in [0.29, 0.717) is 12.8 Å². The third kappa shape index (κ3) is 38.8. The molecule has 0 saturated heterocycles. The topological polar surface area (TPSA) is 131 Å². The number of carbonyl (C=O) groups is 2. The summed E-state index contributed by atoms with van der Waals surface area (Å²) >= 11 is 0. The van der Waals surface area contributed by atoms with Gasteiger partial charge in [-0.2, -0.15) is 0 Å². The first-order valence-electron chi connectivity index (χ1n) is 19.8. The quantitative estimate of drug-likeness (QED) is 0.0251. The molecule has 0 fully saturated rings. The molecule has 9 nitrogen and oxygen atoms in total. The summed E-state index contributed by atoms with van der Waals surface area (Å²) in [7, 11) is -4.42. The van der Waals surface area contributed by atoms with Gasteiger partial charge in [-0.05, 0) is 77.0 Å². The lowest BCUT2D eigenvalue weighted by molar-refractivity contribution is -0.147. The molecule has 0 aliphatic heterocycles. The summed E-state index contributed by atoms with van der Waals surface area (Å²) in [5.41, 5.74) is 0. The number of hydrogen-bond acceptors (Lipinski definition) is 7. The predicted octanol–water partition coefficient (Wildman–Crippen LogP) is 10.5. The molecule has 0 aromatic carbocycles. The minimum atomic E-state index is -4.42. The van der Waals surface area contributed by atoms with Crippen molar-refractivity contribution in [2.24, 2.45) is 0 Å². The SMILES string of the molecule is CCCC/C=C\CCCCCCCC(=O)NCCOP(=O)(O)OCC(O)COC(=O)CCCCC/C=C\C/C=C\C/C=C\C/C=C\CCCCC. The molecule has 3 N–H and O–H groups in total. The molecule has 0 spiro atoms. The number of aliphatic hydroxyl groups excluding tert-OH is 1. The van der Waals surface area contributed by atoms with Gasteiger partial charge in [0.05, 0.1) is 13.2 Å². The first-order valence-corrected chi connectivity index (χ1v) is 21.3. The second kappa shape index (κ2) is 37.5. The van der Waals surface area contributed by atoms with Gasteiger partial charge in [-0.1, -0.05) is 126 Å². The van der Waals surface area contributed by atoms with Gasteiger partial charge in [0, 0.05) is 19.4 Å². The maximum atomic E-state index is 12.0. The number of unbranched alkanes of at least 4 members (excludes halogenated alkanes) is 13. The molecule has 0 saturated carbocycles. The van der Waals surface area contributed by atoms with Crippen molar-refractivity contribution in [1.29, 1.82) is 0 Å². The van der Waals surface area contributed by atoms with Crippen LogP contribution in [0.25, 0.3) is 0 Å². The lowest BCUT2D eigenvalue weighted by Crippen LogP contribution is -2.27. The van der Waals surface area contributed by atoms with Gasteiger partial charge >= 0.3 is 13.8 Å². The molecule has 0 radical (unpaired) electrons. The van der Waals surface area contributed by atoms with E-state index in [1.165, 1.54) is 44.9 Å². The Labute approximate surface area is 310 Å². The van der Waals surface area contributed by atoms with Crippen LogP contribution in [-0.4, -0.2) is 54.3 Å². The molecular formula is C41H72NO8P. The Morgan fingerprint density at radius 1 is 0.608 bits per heavy atom. The summed E-state index contributed by atoms with van der Waals surface area (Å²) in [4.78, 5) is 33.7. The molecule has 0 bridgehead atoms. The van der Waals surface area contributed by atoms with Crippen molar-refractivity contribution in [2.45, 2.75) is 161 Å². The Morgan fingerprint density at radius 3 is 1.69 bits per heavy atom. The molecule has 0 aromatic heterocycles. The molecule has 0 heterocycles. The second-order valence-corrected chi connectivity index (χ2v) is 14.3. The van der Waals surface area contributed by atoms with Gasteiger partial charge in [0.15, 0.2) is 0 Å². The molecule has 0 aliphatic carbocycles. The molecular weight excluding hydrogens is 665 g/mol. The lowest BCUT2D eigenvalue weighted by Gasteiger charge is -2.15. The van der Waals surface area contributed by atoms with Gasteiger partial charge in [-0.25, -0.2) is 4.57 Å². The number of hydrogen-bond donors (Lipinski definition) is 3. The van der Waals surface area contributed by atoms with Crippen LogP contribution in [0, 0.1) is 0 Å². The highest BCUT2D eigenvalue weighted by Gasteiger charge is 2.23. The Morgan fingerprint density at radius 2 is 1.08 bits per heavy atom. The van der Waals surface area contributed by atoms with E-state index >= 15 is 0 Å². The average molecular weight is 738 g/mol. The molecule has 294 valence electrons. The number of amides is 1. The number of aliphatic hydroxyl groups is 1. The van der Waals surface area contributed by atoms with E-state index in [-0.39, 0.29) is 32.1 Å². The van der Waals surface area contributed by atoms with Crippen LogP contribution in [0.2, 0.25) is 0 Å². The smallest absolute Gasteiger partial charge is 0.463 e. The molecule has 2 atom stereocenters. The van der Waals surface area contributed by atoms with E-state index in [0.717, 1.165) is 77.0 Å². The highest BCUT2D eigenvalue weighted by atomic mass is 31.2. The minimum absolute atomic E-state index is 0.0703. The summed E-state index contributed by atoms with van der Waals surface area (Å²) in [6.45, 7) is 3.41. The largest absolute Gasteiger partial charge is 0.472 e. The molecule has 1 amide bonds. The Hall–Kier alpha value is -2.29. The fourth-order valence-electron chi connectivity index (χ4n) is 4.87. The summed E-state index contributed by atoms with van der Waals surface area (Å²) in [6.07, 6.45) is 42.9. The summed E-state index contributed by atoms with van der Waals surface area (Å²) < 4.78 is 26.7. The van der Waals surface area contributed by atoms with E-state index in [9.17, 15) is 24.2 Å². The van der Waals surface area contributed by atoms with Gasteiger partial charge in [-0.15, -0.1) is 0 Å². The molecule has 10 heteroatoms. The number of nitrogens with one attached hydrogen (secondary N) is 1. The maximum absolute atomic E-state index is 12.0. The van der Waals surface area contributed by atoms with Crippen molar-refractivity contribution in [3.05, 3.63) is 60.8 Å². The van der Waals surface area contributed by atoms with E-state index < -0.39 is 26.5 Å². The first-order chi connectivity index (χ1) is 24.8. The third-order valence-corrected chi connectivity index (χ3v) is 8.90. The molecule has 0 aromatic rings. The van der Waals surface area contributed by atoms with Gasteiger partial charge in [0.2, 0.25) is 5.91 Å². The molecule has 0 rings (SSSR count). The number of carbonyl (C=O) groups excluding carboxylic acids is 2. The van der Waals surface area contributed by atoms with Crippen molar-refractivity contribution >= 4 is 19.7 Å². The van der Waals surface area contributed by atoms with Gasteiger partial charge in [0.25, 0.3) is 0 Å². The molecule has 51 heavy (non-hydrogen) atoms. The van der Waals surface area contributed by atoms with Crippen molar-refractivity contribution in [3.63, 3.8) is 0 Å². The normalized spacial score (nSPS) is 14.0. The van der Waals surface area contributed by atoms with Gasteiger partial charge in [-0.3, -0.25) is 18.6 Å². The third-order valence-electron chi connectivity index (χ3n) is 7.92. The number of phosphoric acid groups is 1. The summed E-state index contributed by atoms with van der Waals surface area (Å²) in [5, 5.41) is 12.6. The highest BCUT2D eigenvalue weighted by Crippen LogP contribution is 2.42. The highest BCUT2D eigenvalue weighted by molar-refractivity contribution is 7.47. The van der Waals surface area contributed by atoms with Crippen LogP contribution in [0.1, 0.15) is 155 Å². The first kappa shape index (κ1) is 48.7. The Bertz CT molecular complexity index is 1020. The molecule has 2 unspecified atom stereocenters. The van der Waals surface area contributed by atoms with Gasteiger partial charge < -0.3 is 20.1 Å². The van der Waals surface area contributed by atoms with Crippen molar-refractivity contribution in [1.82, 2.24) is 5.32 Å². The van der Waals surface area contributed by atoms with Gasteiger partial charge in [0.1, 0.15) is 12.7 Å². The van der Waals surface area contributed by atoms with Crippen molar-refractivity contribution < 1.29 is 37.9 Å². The van der Waals surface area contributed by atoms with Crippen LogP contribution in [-0.2, 0) is 27.9 Å². The number of allylic oxidation sites excluding steroid dienone is 10. The van der Waals surface area contributed by atoms with E-state index in [1.54, 1.807) is 0 Å². The zero-order chi connectivity index (χ0) is 37.5. The van der Waals surface area contributed by atoms with E-state index in [2.05, 4.69) is 79.9 Å². The van der Waals surface area contributed by atoms with Crippen LogP contribution in [0.5, 0.6) is 0 Å². The minimum Gasteiger partial charge on any atom is -0.463 e. The number of ether oxygens (including phenoxy) is 1. The zero-order valence-electron chi connectivity index (χ0n) is 32.0. The Kier molecular flexibility index (Phi) is 35.8. The fraction of sp³-hybridized carbons (Fsp3) is 0.707. The van der Waals surface area contributed by atoms with Crippen LogP contribution >= 0.6 is 7.82 Å².